The number of carbonyl (C=O) groups excluding carboxylic acids is 3. The molecule has 0 bridgehead atoms. The van der Waals surface area contributed by atoms with Gasteiger partial charge in [-0.25, -0.2) is 4.79 Å². The van der Waals surface area contributed by atoms with Crippen molar-refractivity contribution in [2.24, 2.45) is 11.7 Å². The van der Waals surface area contributed by atoms with E-state index in [0.29, 0.717) is 12.0 Å². The Balaban J connectivity index is 1.63. The molecule has 11 heteroatoms. The largest absolute Gasteiger partial charge is 0.508 e. The van der Waals surface area contributed by atoms with Crippen molar-refractivity contribution in [1.82, 2.24) is 20.9 Å². The molecule has 3 amide bonds. The van der Waals surface area contributed by atoms with E-state index in [1.165, 1.54) is 12.1 Å². The lowest BCUT2D eigenvalue weighted by Crippen LogP contribution is -2.54. The van der Waals surface area contributed by atoms with Gasteiger partial charge in [0.05, 0.1) is 12.6 Å². The quantitative estimate of drug-likeness (QED) is 0.171. The fourth-order valence-electron chi connectivity index (χ4n) is 4.23. The van der Waals surface area contributed by atoms with Crippen LogP contribution in [0.1, 0.15) is 31.4 Å². The Morgan fingerprint density at radius 1 is 0.923 bits per heavy atom. The maximum atomic E-state index is 13.0. The number of benzene rings is 2. The van der Waals surface area contributed by atoms with Gasteiger partial charge in [0.25, 0.3) is 0 Å². The molecule has 1 aromatic heterocycles. The van der Waals surface area contributed by atoms with Crippen LogP contribution in [0.3, 0.4) is 0 Å². The summed E-state index contributed by atoms with van der Waals surface area (Å²) in [6, 6.07) is 10.5. The summed E-state index contributed by atoms with van der Waals surface area (Å²) in [4.78, 5) is 53.2. The van der Waals surface area contributed by atoms with Crippen molar-refractivity contribution in [2.45, 2.75) is 51.2 Å². The van der Waals surface area contributed by atoms with Crippen LogP contribution in [0.2, 0.25) is 0 Å². The number of carboxylic acid groups (broad SMARTS) is 1. The van der Waals surface area contributed by atoms with Gasteiger partial charge in [-0.05, 0) is 41.7 Å². The summed E-state index contributed by atoms with van der Waals surface area (Å²) in [5, 5.41) is 27.6. The van der Waals surface area contributed by atoms with Crippen LogP contribution in [-0.2, 0) is 32.0 Å². The molecular formula is C28H35N5O6. The van der Waals surface area contributed by atoms with Gasteiger partial charge >= 0.3 is 5.97 Å². The zero-order valence-corrected chi connectivity index (χ0v) is 21.9. The second-order valence-corrected chi connectivity index (χ2v) is 9.91. The Morgan fingerprint density at radius 2 is 1.62 bits per heavy atom. The number of hydrogen-bond donors (Lipinski definition) is 7. The zero-order valence-electron chi connectivity index (χ0n) is 21.9. The van der Waals surface area contributed by atoms with Crippen LogP contribution < -0.4 is 21.7 Å². The number of phenols is 1. The number of para-hydroxylation sites is 1. The Labute approximate surface area is 226 Å². The molecule has 0 saturated heterocycles. The molecule has 0 saturated carbocycles. The fraction of sp³-hybridized carbons (Fsp3) is 0.357. The SMILES string of the molecule is CC(C)CC(N)C(=O)NC(Cc1ccc(O)cc1)C(=O)NCC(=O)NC(Cc1c[nH]c2ccccc12)C(=O)O. The van der Waals surface area contributed by atoms with E-state index in [1.54, 1.807) is 18.3 Å². The van der Waals surface area contributed by atoms with Crippen LogP contribution in [0.15, 0.2) is 54.7 Å². The van der Waals surface area contributed by atoms with Gasteiger partial charge in [-0.2, -0.15) is 0 Å². The predicted molar refractivity (Wildman–Crippen MR) is 146 cm³/mol. The molecule has 2 aromatic carbocycles. The third-order valence-corrected chi connectivity index (χ3v) is 6.23. The number of aliphatic carboxylic acids is 1. The van der Waals surface area contributed by atoms with Crippen molar-refractivity contribution in [1.29, 1.82) is 0 Å². The third kappa shape index (κ3) is 8.57. The van der Waals surface area contributed by atoms with Crippen LogP contribution in [-0.4, -0.2) is 63.6 Å². The summed E-state index contributed by atoms with van der Waals surface area (Å²) in [5.74, 6) is -2.81. The van der Waals surface area contributed by atoms with E-state index in [9.17, 15) is 29.4 Å². The maximum absolute atomic E-state index is 13.0. The fourth-order valence-corrected chi connectivity index (χ4v) is 4.23. The predicted octanol–water partition coefficient (Wildman–Crippen LogP) is 1.20. The number of phenolic OH excluding ortho intramolecular Hbond substituents is 1. The Bertz CT molecular complexity index is 1300. The number of nitrogens with two attached hydrogens (primary N) is 1. The molecule has 3 rings (SSSR count). The van der Waals surface area contributed by atoms with Crippen LogP contribution in [0.4, 0.5) is 0 Å². The monoisotopic (exact) mass is 537 g/mol. The highest BCUT2D eigenvalue weighted by Gasteiger charge is 2.26. The number of nitrogens with one attached hydrogen (secondary N) is 4. The van der Waals surface area contributed by atoms with Crippen molar-refractivity contribution in [3.05, 3.63) is 65.9 Å². The number of fused-ring (bicyclic) bond motifs is 1. The molecule has 1 heterocycles. The van der Waals surface area contributed by atoms with Crippen LogP contribution in [0, 0.1) is 5.92 Å². The molecule has 0 aliphatic heterocycles. The highest BCUT2D eigenvalue weighted by molar-refractivity contribution is 5.93. The first-order valence-corrected chi connectivity index (χ1v) is 12.7. The van der Waals surface area contributed by atoms with Gasteiger partial charge in [0, 0.05) is 29.9 Å². The lowest BCUT2D eigenvalue weighted by Gasteiger charge is -2.22. The zero-order chi connectivity index (χ0) is 28.5. The Morgan fingerprint density at radius 3 is 2.28 bits per heavy atom. The van der Waals surface area contributed by atoms with E-state index in [2.05, 4.69) is 20.9 Å². The van der Waals surface area contributed by atoms with Gasteiger partial charge < -0.3 is 36.9 Å². The Kier molecular flexibility index (Phi) is 10.0. The van der Waals surface area contributed by atoms with Crippen LogP contribution >= 0.6 is 0 Å². The first kappa shape index (κ1) is 29.2. The first-order chi connectivity index (χ1) is 18.5. The minimum atomic E-state index is -1.21. The number of carbonyl (C=O) groups is 4. The Hall–Kier alpha value is -4.38. The van der Waals surface area contributed by atoms with Gasteiger partial charge in [0.15, 0.2) is 0 Å². The number of aromatic nitrogens is 1. The summed E-state index contributed by atoms with van der Waals surface area (Å²) in [6.45, 7) is 3.36. The average Bonchev–Trinajstić information content (AvgIpc) is 3.30. The first-order valence-electron chi connectivity index (χ1n) is 12.7. The molecule has 8 N–H and O–H groups in total. The maximum Gasteiger partial charge on any atom is 0.326 e. The molecule has 3 atom stereocenters. The van der Waals surface area contributed by atoms with E-state index in [1.807, 2.05) is 38.1 Å². The smallest absolute Gasteiger partial charge is 0.326 e. The van der Waals surface area contributed by atoms with E-state index in [4.69, 9.17) is 5.73 Å². The molecule has 0 aliphatic carbocycles. The van der Waals surface area contributed by atoms with Gasteiger partial charge in [-0.1, -0.05) is 44.2 Å². The van der Waals surface area contributed by atoms with Gasteiger partial charge in [0.2, 0.25) is 17.7 Å². The number of H-pyrrole nitrogens is 1. The third-order valence-electron chi connectivity index (χ3n) is 6.23. The molecule has 208 valence electrons. The van der Waals surface area contributed by atoms with Crippen LogP contribution in [0.25, 0.3) is 10.9 Å². The molecule has 3 unspecified atom stereocenters. The minimum Gasteiger partial charge on any atom is -0.508 e. The summed E-state index contributed by atoms with van der Waals surface area (Å²) in [6.07, 6.45) is 2.27. The van der Waals surface area contributed by atoms with E-state index >= 15 is 0 Å². The van der Waals surface area contributed by atoms with Crippen molar-refractivity contribution in [2.75, 3.05) is 6.54 Å². The standard InChI is InChI=1S/C28H35N5O6/c1-16(2)11-21(29)26(36)33-23(12-17-7-9-19(34)10-8-17)27(37)31-15-25(35)32-24(28(38)39)13-18-14-30-22-6-4-3-5-20(18)22/h3-10,14,16,21,23-24,30,34H,11-13,15,29H2,1-2H3,(H,31,37)(H,32,35)(H,33,36)(H,38,39). The molecule has 0 aliphatic rings. The minimum absolute atomic E-state index is 0.0479. The molecular weight excluding hydrogens is 502 g/mol. The molecule has 3 aromatic rings. The number of aromatic amines is 1. The number of aromatic hydroxyl groups is 1. The number of hydrogen-bond acceptors (Lipinski definition) is 6. The van der Waals surface area contributed by atoms with E-state index in [0.717, 1.165) is 16.5 Å². The summed E-state index contributed by atoms with van der Waals surface area (Å²) in [5.41, 5.74) is 8.23. The number of amides is 3. The normalized spacial score (nSPS) is 13.4. The van der Waals surface area contributed by atoms with Crippen molar-refractivity contribution in [3.63, 3.8) is 0 Å². The van der Waals surface area contributed by atoms with Gasteiger partial charge in [-0.3, -0.25) is 14.4 Å². The second-order valence-electron chi connectivity index (χ2n) is 9.91. The second kappa shape index (κ2) is 13.4. The van der Waals surface area contributed by atoms with E-state index < -0.39 is 48.4 Å². The summed E-state index contributed by atoms with van der Waals surface area (Å²) >= 11 is 0. The van der Waals surface area contributed by atoms with Crippen molar-refractivity contribution in [3.8, 4) is 5.75 Å². The molecule has 39 heavy (non-hydrogen) atoms. The van der Waals surface area contributed by atoms with Gasteiger partial charge in [0.1, 0.15) is 17.8 Å². The molecule has 0 fully saturated rings. The molecule has 0 radical (unpaired) electrons. The van der Waals surface area contributed by atoms with Gasteiger partial charge in [-0.15, -0.1) is 0 Å². The van der Waals surface area contributed by atoms with Crippen LogP contribution in [0.5, 0.6) is 5.75 Å². The van der Waals surface area contributed by atoms with Crippen molar-refractivity contribution < 1.29 is 29.4 Å². The summed E-state index contributed by atoms with van der Waals surface area (Å²) < 4.78 is 0. The van der Waals surface area contributed by atoms with E-state index in [-0.39, 0.29) is 24.5 Å². The highest BCUT2D eigenvalue weighted by Crippen LogP contribution is 2.19. The van der Waals surface area contributed by atoms with Crippen molar-refractivity contribution >= 4 is 34.6 Å². The lowest BCUT2D eigenvalue weighted by molar-refractivity contribution is -0.141. The molecule has 11 nitrogen and oxygen atoms in total. The number of carboxylic acids is 1. The average molecular weight is 538 g/mol. The highest BCUT2D eigenvalue weighted by atomic mass is 16.4. The number of rotatable bonds is 13. The summed E-state index contributed by atoms with van der Waals surface area (Å²) in [7, 11) is 0. The molecule has 0 spiro atoms. The lowest BCUT2D eigenvalue weighted by atomic mass is 10.0. The topological polar surface area (TPSA) is 187 Å².